The van der Waals surface area contributed by atoms with Crippen molar-refractivity contribution >= 4 is 0 Å². The van der Waals surface area contributed by atoms with Gasteiger partial charge in [0.05, 0.1) is 0 Å². The molecule has 2 rings (SSSR count). The quantitative estimate of drug-likeness (QED) is 0.806. The van der Waals surface area contributed by atoms with Crippen LogP contribution in [0.4, 0.5) is 0 Å². The first-order valence-electron chi connectivity index (χ1n) is 8.30. The Kier molecular flexibility index (Phi) is 5.97. The van der Waals surface area contributed by atoms with Gasteiger partial charge in [0, 0.05) is 12.1 Å². The fourth-order valence-corrected chi connectivity index (χ4v) is 3.78. The molecule has 3 unspecified atom stereocenters. The maximum atomic E-state index is 3.71. The minimum Gasteiger partial charge on any atom is -0.314 e. The van der Waals surface area contributed by atoms with Crippen molar-refractivity contribution in [3.8, 4) is 0 Å². The predicted octanol–water partition coefficient (Wildman–Crippen LogP) is 3.42. The highest BCUT2D eigenvalue weighted by atomic mass is 15.2. The average Bonchev–Trinajstić information content (AvgIpc) is 2.73. The van der Waals surface area contributed by atoms with Crippen molar-refractivity contribution < 1.29 is 0 Å². The van der Waals surface area contributed by atoms with Crippen molar-refractivity contribution in [1.29, 1.82) is 0 Å². The normalized spacial score (nSPS) is 34.7. The molecule has 1 saturated carbocycles. The highest BCUT2D eigenvalue weighted by Crippen LogP contribution is 2.28. The maximum Gasteiger partial charge on any atom is 0.0111 e. The molecule has 2 heteroatoms. The zero-order valence-corrected chi connectivity index (χ0v) is 12.5. The fraction of sp³-hybridized carbons (Fsp3) is 1.00. The molecule has 0 aromatic carbocycles. The Balaban J connectivity index is 1.75. The van der Waals surface area contributed by atoms with Crippen LogP contribution in [0.15, 0.2) is 0 Å². The second-order valence-electron chi connectivity index (χ2n) is 6.36. The molecule has 1 saturated heterocycles. The number of rotatable bonds is 5. The summed E-state index contributed by atoms with van der Waals surface area (Å²) >= 11 is 0. The van der Waals surface area contributed by atoms with Gasteiger partial charge in [0.25, 0.3) is 0 Å². The van der Waals surface area contributed by atoms with E-state index in [-0.39, 0.29) is 0 Å². The first-order valence-corrected chi connectivity index (χ1v) is 8.30. The van der Waals surface area contributed by atoms with Crippen molar-refractivity contribution in [2.45, 2.75) is 77.3 Å². The summed E-state index contributed by atoms with van der Waals surface area (Å²) < 4.78 is 0. The van der Waals surface area contributed by atoms with E-state index >= 15 is 0 Å². The smallest absolute Gasteiger partial charge is 0.0111 e. The van der Waals surface area contributed by atoms with Crippen molar-refractivity contribution in [3.05, 3.63) is 0 Å². The van der Waals surface area contributed by atoms with Crippen LogP contribution in [0.2, 0.25) is 0 Å². The van der Waals surface area contributed by atoms with Gasteiger partial charge >= 0.3 is 0 Å². The van der Waals surface area contributed by atoms with Gasteiger partial charge in [-0.25, -0.2) is 0 Å². The van der Waals surface area contributed by atoms with Gasteiger partial charge in [0.15, 0.2) is 0 Å². The summed E-state index contributed by atoms with van der Waals surface area (Å²) in [6, 6.07) is 1.69. The Labute approximate surface area is 114 Å². The molecule has 2 aliphatic rings. The molecule has 18 heavy (non-hydrogen) atoms. The summed E-state index contributed by atoms with van der Waals surface area (Å²) in [5.74, 6) is 1.01. The summed E-state index contributed by atoms with van der Waals surface area (Å²) in [7, 11) is 0. The molecule has 106 valence electrons. The summed E-state index contributed by atoms with van der Waals surface area (Å²) in [6.45, 7) is 8.56. The van der Waals surface area contributed by atoms with Crippen molar-refractivity contribution in [3.63, 3.8) is 0 Å². The van der Waals surface area contributed by atoms with Crippen molar-refractivity contribution in [1.82, 2.24) is 10.2 Å². The summed E-state index contributed by atoms with van der Waals surface area (Å²) in [6.07, 6.45) is 11.2. The van der Waals surface area contributed by atoms with Crippen LogP contribution in [0.5, 0.6) is 0 Å². The lowest BCUT2D eigenvalue weighted by Gasteiger charge is -2.27. The van der Waals surface area contributed by atoms with Crippen LogP contribution in [0, 0.1) is 5.92 Å². The lowest BCUT2D eigenvalue weighted by Crippen LogP contribution is -2.36. The van der Waals surface area contributed by atoms with E-state index in [1.165, 1.54) is 71.0 Å². The molecule has 1 aliphatic heterocycles. The Morgan fingerprint density at radius 1 is 1.06 bits per heavy atom. The predicted molar refractivity (Wildman–Crippen MR) is 78.9 cm³/mol. The first kappa shape index (κ1) is 14.3. The summed E-state index contributed by atoms with van der Waals surface area (Å²) in [5.41, 5.74) is 0. The van der Waals surface area contributed by atoms with Gasteiger partial charge in [-0.2, -0.15) is 0 Å². The van der Waals surface area contributed by atoms with Crippen LogP contribution in [-0.2, 0) is 0 Å². The molecule has 0 aromatic rings. The molecule has 0 amide bonds. The molecule has 3 atom stereocenters. The Bertz CT molecular complexity index is 229. The minimum atomic E-state index is 0.806. The van der Waals surface area contributed by atoms with Gasteiger partial charge < -0.3 is 10.2 Å². The molecule has 0 radical (unpaired) electrons. The summed E-state index contributed by atoms with van der Waals surface area (Å²) in [4.78, 5) is 2.81. The number of hydrogen-bond acceptors (Lipinski definition) is 2. The van der Waals surface area contributed by atoms with Crippen LogP contribution < -0.4 is 5.32 Å². The second kappa shape index (κ2) is 7.49. The third-order valence-corrected chi connectivity index (χ3v) is 5.06. The third-order valence-electron chi connectivity index (χ3n) is 5.06. The SMILES string of the molecule is CCCNC1CCC(N2CCCC(CC)CC2)C1. The van der Waals surface area contributed by atoms with Gasteiger partial charge in [0.1, 0.15) is 0 Å². The van der Waals surface area contributed by atoms with E-state index in [4.69, 9.17) is 0 Å². The van der Waals surface area contributed by atoms with Gasteiger partial charge in [-0.1, -0.05) is 20.3 Å². The molecule has 0 bridgehead atoms. The molecule has 1 heterocycles. The maximum absolute atomic E-state index is 3.71. The average molecular weight is 252 g/mol. The van der Waals surface area contributed by atoms with E-state index in [1.807, 2.05) is 0 Å². The minimum absolute atomic E-state index is 0.806. The van der Waals surface area contributed by atoms with Crippen molar-refractivity contribution in [2.24, 2.45) is 5.92 Å². The number of nitrogens with one attached hydrogen (secondary N) is 1. The van der Waals surface area contributed by atoms with Crippen LogP contribution in [0.3, 0.4) is 0 Å². The number of nitrogens with zero attached hydrogens (tertiary/aromatic N) is 1. The summed E-state index contributed by atoms with van der Waals surface area (Å²) in [5, 5.41) is 3.71. The second-order valence-corrected chi connectivity index (χ2v) is 6.36. The standard InChI is InChI=1S/C16H32N2/c1-3-10-17-15-7-8-16(13-15)18-11-5-6-14(4-2)9-12-18/h14-17H,3-13H2,1-2H3. The number of hydrogen-bond donors (Lipinski definition) is 1. The van der Waals surface area contributed by atoms with Crippen LogP contribution in [0.25, 0.3) is 0 Å². The Hall–Kier alpha value is -0.0800. The van der Waals surface area contributed by atoms with E-state index in [9.17, 15) is 0 Å². The monoisotopic (exact) mass is 252 g/mol. The Morgan fingerprint density at radius 3 is 2.72 bits per heavy atom. The third kappa shape index (κ3) is 3.96. The zero-order valence-electron chi connectivity index (χ0n) is 12.5. The zero-order chi connectivity index (χ0) is 12.8. The molecular weight excluding hydrogens is 220 g/mol. The molecule has 0 aromatic heterocycles. The lowest BCUT2D eigenvalue weighted by molar-refractivity contribution is 0.201. The van der Waals surface area contributed by atoms with Crippen LogP contribution in [-0.4, -0.2) is 36.6 Å². The number of likely N-dealkylation sites (tertiary alicyclic amines) is 1. The van der Waals surface area contributed by atoms with Gasteiger partial charge in [-0.05, 0) is 70.5 Å². The van der Waals surface area contributed by atoms with Crippen LogP contribution >= 0.6 is 0 Å². The van der Waals surface area contributed by atoms with Gasteiger partial charge in [-0.15, -0.1) is 0 Å². The van der Waals surface area contributed by atoms with E-state index in [0.717, 1.165) is 18.0 Å². The van der Waals surface area contributed by atoms with E-state index in [1.54, 1.807) is 0 Å². The highest BCUT2D eigenvalue weighted by Gasteiger charge is 2.29. The fourth-order valence-electron chi connectivity index (χ4n) is 3.78. The lowest BCUT2D eigenvalue weighted by atomic mass is 9.98. The molecular formula is C16H32N2. The van der Waals surface area contributed by atoms with Gasteiger partial charge in [0.2, 0.25) is 0 Å². The van der Waals surface area contributed by atoms with Gasteiger partial charge in [-0.3, -0.25) is 0 Å². The molecule has 2 fully saturated rings. The molecule has 1 aliphatic carbocycles. The molecule has 0 spiro atoms. The largest absolute Gasteiger partial charge is 0.314 e. The Morgan fingerprint density at radius 2 is 1.94 bits per heavy atom. The molecule has 1 N–H and O–H groups in total. The first-order chi connectivity index (χ1) is 8.83. The van der Waals surface area contributed by atoms with Crippen LogP contribution in [0.1, 0.15) is 65.2 Å². The van der Waals surface area contributed by atoms with Crippen molar-refractivity contribution in [2.75, 3.05) is 19.6 Å². The van der Waals surface area contributed by atoms with E-state index in [0.29, 0.717) is 0 Å². The van der Waals surface area contributed by atoms with E-state index in [2.05, 4.69) is 24.1 Å². The topological polar surface area (TPSA) is 15.3 Å². The molecule has 2 nitrogen and oxygen atoms in total. The van der Waals surface area contributed by atoms with E-state index < -0.39 is 0 Å². The highest BCUT2D eigenvalue weighted by molar-refractivity contribution is 4.87.